The number of aryl methyl sites for hydroxylation is 1. The molecule has 1 aromatic carbocycles. The molecular formula is C16H20ClN5O4. The predicted octanol–water partition coefficient (Wildman–Crippen LogP) is 1.34. The van der Waals surface area contributed by atoms with Crippen molar-refractivity contribution in [2.75, 3.05) is 6.54 Å². The molecular weight excluding hydrogens is 362 g/mol. The van der Waals surface area contributed by atoms with Crippen LogP contribution in [0.4, 0.5) is 5.69 Å². The molecule has 140 valence electrons. The first-order valence-electron chi connectivity index (χ1n) is 7.53. The van der Waals surface area contributed by atoms with E-state index in [9.17, 15) is 19.7 Å². The number of nitrogens with one attached hydrogen (secondary N) is 1. The number of amides is 1. The number of carbonyl (C=O) groups excluding carboxylic acids is 1. The maximum atomic E-state index is 12.4. The lowest BCUT2D eigenvalue weighted by Crippen LogP contribution is -2.50. The Morgan fingerprint density at radius 2 is 2.00 bits per heavy atom. The van der Waals surface area contributed by atoms with Crippen LogP contribution >= 0.6 is 12.4 Å². The highest BCUT2D eigenvalue weighted by Gasteiger charge is 2.24. The van der Waals surface area contributed by atoms with E-state index in [0.29, 0.717) is 5.69 Å². The average Bonchev–Trinajstić information content (AvgIpc) is 2.54. The molecule has 2 aromatic rings. The number of nitrogens with zero attached hydrogens (tertiary/aromatic N) is 3. The lowest BCUT2D eigenvalue weighted by molar-refractivity contribution is -0.384. The van der Waals surface area contributed by atoms with Gasteiger partial charge in [0.1, 0.15) is 5.69 Å². The molecule has 1 aromatic heterocycles. The van der Waals surface area contributed by atoms with Gasteiger partial charge in [0.15, 0.2) is 5.69 Å². The Bertz CT molecular complexity index is 894. The molecule has 0 aliphatic rings. The number of hydrogen-bond donors (Lipinski definition) is 2. The van der Waals surface area contributed by atoms with Crippen molar-refractivity contribution in [1.82, 2.24) is 15.1 Å². The Kier molecular flexibility index (Phi) is 6.60. The van der Waals surface area contributed by atoms with Crippen molar-refractivity contribution in [2.24, 2.45) is 5.73 Å². The van der Waals surface area contributed by atoms with Crippen LogP contribution < -0.4 is 16.5 Å². The number of hydrogen-bond acceptors (Lipinski definition) is 6. The summed E-state index contributed by atoms with van der Waals surface area (Å²) in [6, 6.07) is 7.17. The van der Waals surface area contributed by atoms with Crippen LogP contribution in [0.15, 0.2) is 35.1 Å². The number of rotatable bonds is 5. The van der Waals surface area contributed by atoms with Gasteiger partial charge in [0.25, 0.3) is 11.6 Å². The molecule has 3 N–H and O–H groups in total. The molecule has 0 spiro atoms. The molecule has 0 unspecified atom stereocenters. The number of aromatic nitrogens is 2. The molecule has 0 aliphatic heterocycles. The summed E-state index contributed by atoms with van der Waals surface area (Å²) < 4.78 is 1.21. The molecule has 0 fully saturated rings. The maximum Gasteiger partial charge on any atom is 0.294 e. The van der Waals surface area contributed by atoms with Gasteiger partial charge in [0.05, 0.1) is 4.92 Å². The van der Waals surface area contributed by atoms with Gasteiger partial charge in [-0.15, -0.1) is 12.4 Å². The van der Waals surface area contributed by atoms with E-state index >= 15 is 0 Å². The highest BCUT2D eigenvalue weighted by molar-refractivity contribution is 5.92. The van der Waals surface area contributed by atoms with E-state index in [2.05, 4.69) is 10.4 Å². The molecule has 0 bridgehead atoms. The number of carbonyl (C=O) groups is 1. The Morgan fingerprint density at radius 1 is 1.38 bits per heavy atom. The van der Waals surface area contributed by atoms with Crippen molar-refractivity contribution in [3.63, 3.8) is 0 Å². The summed E-state index contributed by atoms with van der Waals surface area (Å²) in [5.74, 6) is -0.687. The van der Waals surface area contributed by atoms with E-state index in [1.807, 2.05) is 0 Å². The lowest BCUT2D eigenvalue weighted by atomic mass is 10.1. The standard InChI is InChI=1S/C16H19N5O4.ClH/c1-10-8-13(22)14(15(23)18-16(2,3)9-17)19-20(10)11-6-4-5-7-12(11)21(24)25;/h4-8H,9,17H2,1-3H3,(H,18,23);1H. The maximum absolute atomic E-state index is 12.4. The molecule has 0 aliphatic carbocycles. The summed E-state index contributed by atoms with van der Waals surface area (Å²) in [7, 11) is 0. The lowest BCUT2D eigenvalue weighted by Gasteiger charge is -2.23. The second-order valence-corrected chi connectivity index (χ2v) is 6.20. The summed E-state index contributed by atoms with van der Waals surface area (Å²) >= 11 is 0. The molecule has 2 rings (SSSR count). The zero-order chi connectivity index (χ0) is 18.8. The number of nitro groups is 1. The van der Waals surface area contributed by atoms with Crippen molar-refractivity contribution < 1.29 is 9.72 Å². The highest BCUT2D eigenvalue weighted by Crippen LogP contribution is 2.22. The average molecular weight is 382 g/mol. The largest absolute Gasteiger partial charge is 0.344 e. The zero-order valence-electron chi connectivity index (χ0n) is 14.6. The minimum absolute atomic E-state index is 0. The van der Waals surface area contributed by atoms with Crippen LogP contribution in [0.2, 0.25) is 0 Å². The smallest absolute Gasteiger partial charge is 0.294 e. The first-order chi connectivity index (χ1) is 11.7. The van der Waals surface area contributed by atoms with Crippen LogP contribution in [0.25, 0.3) is 5.69 Å². The number of nitro benzene ring substituents is 1. The van der Waals surface area contributed by atoms with Crippen LogP contribution in [0.5, 0.6) is 0 Å². The minimum Gasteiger partial charge on any atom is -0.344 e. The van der Waals surface area contributed by atoms with Crippen molar-refractivity contribution in [2.45, 2.75) is 26.3 Å². The number of para-hydroxylation sites is 2. The van der Waals surface area contributed by atoms with Crippen molar-refractivity contribution in [1.29, 1.82) is 0 Å². The van der Waals surface area contributed by atoms with Gasteiger partial charge in [-0.25, -0.2) is 4.68 Å². The normalized spacial score (nSPS) is 10.8. The molecule has 26 heavy (non-hydrogen) atoms. The van der Waals surface area contributed by atoms with Gasteiger partial charge in [0, 0.05) is 29.9 Å². The topological polar surface area (TPSA) is 133 Å². The zero-order valence-corrected chi connectivity index (χ0v) is 15.4. The van der Waals surface area contributed by atoms with E-state index in [0.717, 1.165) is 0 Å². The van der Waals surface area contributed by atoms with E-state index in [1.165, 1.54) is 28.9 Å². The third-order valence-corrected chi connectivity index (χ3v) is 3.59. The van der Waals surface area contributed by atoms with Crippen LogP contribution in [0, 0.1) is 17.0 Å². The fraction of sp³-hybridized carbons (Fsp3) is 0.312. The van der Waals surface area contributed by atoms with Gasteiger partial charge in [-0.05, 0) is 26.8 Å². The molecule has 10 heteroatoms. The second kappa shape index (κ2) is 8.07. The van der Waals surface area contributed by atoms with E-state index in [-0.39, 0.29) is 36.0 Å². The second-order valence-electron chi connectivity index (χ2n) is 6.20. The number of halogens is 1. The molecule has 1 amide bonds. The van der Waals surface area contributed by atoms with Crippen molar-refractivity contribution in [3.05, 3.63) is 62.1 Å². The van der Waals surface area contributed by atoms with Crippen molar-refractivity contribution >= 4 is 24.0 Å². The number of benzene rings is 1. The van der Waals surface area contributed by atoms with Gasteiger partial charge in [-0.1, -0.05) is 12.1 Å². The van der Waals surface area contributed by atoms with Crippen LogP contribution in [0.1, 0.15) is 30.0 Å². The summed E-state index contributed by atoms with van der Waals surface area (Å²) in [5.41, 5.74) is 4.27. The summed E-state index contributed by atoms with van der Waals surface area (Å²) in [5, 5.41) is 17.9. The third-order valence-electron chi connectivity index (χ3n) is 3.59. The monoisotopic (exact) mass is 381 g/mol. The minimum atomic E-state index is -0.723. The van der Waals surface area contributed by atoms with E-state index in [4.69, 9.17) is 5.73 Å². The Balaban J connectivity index is 0.00000338. The Labute approximate surface area is 155 Å². The van der Waals surface area contributed by atoms with Gasteiger partial charge in [0.2, 0.25) is 5.43 Å². The fourth-order valence-corrected chi connectivity index (χ4v) is 2.16. The quantitative estimate of drug-likeness (QED) is 0.593. The van der Waals surface area contributed by atoms with Gasteiger partial charge in [-0.3, -0.25) is 19.7 Å². The van der Waals surface area contributed by atoms with Crippen molar-refractivity contribution in [3.8, 4) is 5.69 Å². The first-order valence-corrected chi connectivity index (χ1v) is 7.53. The van der Waals surface area contributed by atoms with E-state index in [1.54, 1.807) is 26.8 Å². The van der Waals surface area contributed by atoms with Crippen LogP contribution in [0.3, 0.4) is 0 Å². The van der Waals surface area contributed by atoms with Gasteiger partial charge >= 0.3 is 0 Å². The molecule has 1 heterocycles. The van der Waals surface area contributed by atoms with E-state index < -0.39 is 21.8 Å². The Hall–Kier alpha value is -2.78. The molecule has 0 radical (unpaired) electrons. The van der Waals surface area contributed by atoms with Gasteiger partial charge in [-0.2, -0.15) is 5.10 Å². The molecule has 9 nitrogen and oxygen atoms in total. The van der Waals surface area contributed by atoms with Crippen LogP contribution in [-0.4, -0.2) is 32.7 Å². The molecule has 0 saturated carbocycles. The summed E-state index contributed by atoms with van der Waals surface area (Å²) in [6.45, 7) is 5.17. The Morgan fingerprint density at radius 3 is 2.58 bits per heavy atom. The highest BCUT2D eigenvalue weighted by atomic mass is 35.5. The predicted molar refractivity (Wildman–Crippen MR) is 99.1 cm³/mol. The SMILES string of the molecule is Cc1cc(=O)c(C(=O)NC(C)(C)CN)nn1-c1ccccc1[N+](=O)[O-].Cl. The third kappa shape index (κ3) is 4.44. The molecule has 0 atom stereocenters. The summed E-state index contributed by atoms with van der Waals surface area (Å²) in [4.78, 5) is 35.2. The fourth-order valence-electron chi connectivity index (χ4n) is 2.16. The van der Waals surface area contributed by atoms with Gasteiger partial charge < -0.3 is 11.1 Å². The molecule has 0 saturated heterocycles. The first kappa shape index (κ1) is 21.3. The van der Waals surface area contributed by atoms with Crippen LogP contribution in [-0.2, 0) is 0 Å². The summed E-state index contributed by atoms with van der Waals surface area (Å²) in [6.07, 6.45) is 0. The number of nitrogens with two attached hydrogens (primary N) is 1.